The van der Waals surface area contributed by atoms with Crippen LogP contribution in [0.5, 0.6) is 0 Å². The van der Waals surface area contributed by atoms with Gasteiger partial charge in [-0.2, -0.15) is 15.3 Å². The van der Waals surface area contributed by atoms with Gasteiger partial charge in [0, 0.05) is 6.20 Å². The second-order valence-corrected chi connectivity index (χ2v) is 4.40. The van der Waals surface area contributed by atoms with E-state index in [1.165, 1.54) is 4.68 Å². The van der Waals surface area contributed by atoms with Crippen LogP contribution in [0.2, 0.25) is 0 Å². The fourth-order valence-corrected chi connectivity index (χ4v) is 1.85. The standard InChI is InChI=1S/C12H10BrN5O/c1-2-6-18-12(19)11(13)10(8-16-18)14-7-9-4-3-5-15-17-9/h1,3-5,8,14H,6-7H2. The quantitative estimate of drug-likeness (QED) is 0.852. The van der Waals surface area contributed by atoms with Crippen molar-refractivity contribution in [2.24, 2.45) is 0 Å². The van der Waals surface area contributed by atoms with Crippen molar-refractivity contribution >= 4 is 21.6 Å². The molecule has 0 aromatic carbocycles. The van der Waals surface area contributed by atoms with Gasteiger partial charge in [-0.25, -0.2) is 4.68 Å². The van der Waals surface area contributed by atoms with Crippen molar-refractivity contribution in [2.45, 2.75) is 13.1 Å². The summed E-state index contributed by atoms with van der Waals surface area (Å²) in [5, 5.41) is 14.7. The summed E-state index contributed by atoms with van der Waals surface area (Å²) in [6.45, 7) is 0.592. The molecule has 0 radical (unpaired) electrons. The molecule has 96 valence electrons. The van der Waals surface area contributed by atoms with E-state index in [2.05, 4.69) is 42.5 Å². The van der Waals surface area contributed by atoms with E-state index in [1.54, 1.807) is 18.5 Å². The molecule has 0 saturated heterocycles. The molecule has 0 atom stereocenters. The van der Waals surface area contributed by atoms with Gasteiger partial charge in [0.15, 0.2) is 0 Å². The van der Waals surface area contributed by atoms with Crippen LogP contribution in [0.3, 0.4) is 0 Å². The summed E-state index contributed by atoms with van der Waals surface area (Å²) in [5.41, 5.74) is 1.08. The Balaban J connectivity index is 2.16. The van der Waals surface area contributed by atoms with Crippen molar-refractivity contribution in [1.29, 1.82) is 0 Å². The number of nitrogens with zero attached hydrogens (tertiary/aromatic N) is 4. The maximum Gasteiger partial charge on any atom is 0.284 e. The van der Waals surface area contributed by atoms with E-state index in [0.717, 1.165) is 5.69 Å². The van der Waals surface area contributed by atoms with Crippen molar-refractivity contribution in [1.82, 2.24) is 20.0 Å². The third-order valence-electron chi connectivity index (χ3n) is 2.31. The number of hydrogen-bond acceptors (Lipinski definition) is 5. The Labute approximate surface area is 118 Å². The Bertz CT molecular complexity index is 662. The van der Waals surface area contributed by atoms with E-state index >= 15 is 0 Å². The number of hydrogen-bond donors (Lipinski definition) is 1. The van der Waals surface area contributed by atoms with E-state index in [4.69, 9.17) is 6.42 Å². The van der Waals surface area contributed by atoms with E-state index in [-0.39, 0.29) is 12.1 Å². The van der Waals surface area contributed by atoms with Crippen LogP contribution >= 0.6 is 15.9 Å². The van der Waals surface area contributed by atoms with Gasteiger partial charge in [-0.15, -0.1) is 6.42 Å². The molecule has 1 N–H and O–H groups in total. The minimum Gasteiger partial charge on any atom is -0.377 e. The Morgan fingerprint density at radius 1 is 1.53 bits per heavy atom. The Morgan fingerprint density at radius 2 is 2.37 bits per heavy atom. The van der Waals surface area contributed by atoms with Crippen molar-refractivity contribution < 1.29 is 0 Å². The SMILES string of the molecule is C#CCn1ncc(NCc2cccnn2)c(Br)c1=O. The molecule has 0 spiro atoms. The van der Waals surface area contributed by atoms with E-state index in [1.807, 2.05) is 6.07 Å². The second kappa shape index (κ2) is 6.11. The number of anilines is 1. The summed E-state index contributed by atoms with van der Waals surface area (Å²) in [4.78, 5) is 11.9. The minimum atomic E-state index is -0.276. The highest BCUT2D eigenvalue weighted by molar-refractivity contribution is 9.10. The molecule has 0 aliphatic rings. The van der Waals surface area contributed by atoms with Crippen LogP contribution in [0.4, 0.5) is 5.69 Å². The zero-order chi connectivity index (χ0) is 13.7. The van der Waals surface area contributed by atoms with E-state index in [0.29, 0.717) is 16.7 Å². The molecule has 2 heterocycles. The first-order valence-electron chi connectivity index (χ1n) is 5.42. The Kier molecular flexibility index (Phi) is 4.26. The van der Waals surface area contributed by atoms with Crippen LogP contribution in [0.1, 0.15) is 5.69 Å². The highest BCUT2D eigenvalue weighted by atomic mass is 79.9. The second-order valence-electron chi connectivity index (χ2n) is 3.61. The van der Waals surface area contributed by atoms with Crippen LogP contribution in [0.15, 0.2) is 33.8 Å². The molecule has 6 nitrogen and oxygen atoms in total. The first-order valence-corrected chi connectivity index (χ1v) is 6.21. The van der Waals surface area contributed by atoms with Gasteiger partial charge in [0.2, 0.25) is 0 Å². The molecule has 0 amide bonds. The fourth-order valence-electron chi connectivity index (χ4n) is 1.40. The molecule has 0 unspecified atom stereocenters. The molecular weight excluding hydrogens is 310 g/mol. The van der Waals surface area contributed by atoms with Gasteiger partial charge in [0.25, 0.3) is 5.56 Å². The fraction of sp³-hybridized carbons (Fsp3) is 0.167. The summed E-state index contributed by atoms with van der Waals surface area (Å²) in [5.74, 6) is 2.37. The summed E-state index contributed by atoms with van der Waals surface area (Å²) in [6.07, 6.45) is 8.30. The molecular formula is C12H10BrN5O. The number of halogens is 1. The first kappa shape index (κ1) is 13.2. The van der Waals surface area contributed by atoms with Crippen molar-refractivity contribution in [3.05, 3.63) is 45.0 Å². The number of aromatic nitrogens is 4. The van der Waals surface area contributed by atoms with Crippen LogP contribution in [-0.2, 0) is 13.1 Å². The average molecular weight is 320 g/mol. The highest BCUT2D eigenvalue weighted by Crippen LogP contribution is 2.16. The van der Waals surface area contributed by atoms with E-state index < -0.39 is 0 Å². The van der Waals surface area contributed by atoms with Gasteiger partial charge in [-0.3, -0.25) is 4.79 Å². The van der Waals surface area contributed by atoms with Gasteiger partial charge < -0.3 is 5.32 Å². The topological polar surface area (TPSA) is 72.7 Å². The zero-order valence-electron chi connectivity index (χ0n) is 9.88. The maximum atomic E-state index is 11.9. The molecule has 0 aliphatic carbocycles. The largest absolute Gasteiger partial charge is 0.377 e. The van der Waals surface area contributed by atoms with E-state index in [9.17, 15) is 4.79 Å². The van der Waals surface area contributed by atoms with Crippen molar-refractivity contribution in [2.75, 3.05) is 5.32 Å². The van der Waals surface area contributed by atoms with Gasteiger partial charge in [0.05, 0.1) is 24.1 Å². The molecule has 7 heteroatoms. The lowest BCUT2D eigenvalue weighted by molar-refractivity contribution is 0.659. The number of terminal acetylenes is 1. The third-order valence-corrected chi connectivity index (χ3v) is 3.08. The monoisotopic (exact) mass is 319 g/mol. The van der Waals surface area contributed by atoms with Gasteiger partial charge >= 0.3 is 0 Å². The molecule has 2 rings (SSSR count). The molecule has 19 heavy (non-hydrogen) atoms. The van der Waals surface area contributed by atoms with Crippen molar-refractivity contribution in [3.8, 4) is 12.3 Å². The number of rotatable bonds is 4. The minimum absolute atomic E-state index is 0.141. The predicted molar refractivity (Wildman–Crippen MR) is 74.4 cm³/mol. The van der Waals surface area contributed by atoms with Crippen LogP contribution in [0, 0.1) is 12.3 Å². The molecule has 0 fully saturated rings. The summed E-state index contributed by atoms with van der Waals surface area (Å²) < 4.78 is 1.60. The smallest absolute Gasteiger partial charge is 0.284 e. The normalized spacial score (nSPS) is 9.89. The number of nitrogens with one attached hydrogen (secondary N) is 1. The van der Waals surface area contributed by atoms with Crippen molar-refractivity contribution in [3.63, 3.8) is 0 Å². The Hall–Kier alpha value is -2.20. The molecule has 0 bridgehead atoms. The third kappa shape index (κ3) is 3.17. The lowest BCUT2D eigenvalue weighted by Gasteiger charge is -2.08. The lowest BCUT2D eigenvalue weighted by Crippen LogP contribution is -2.24. The van der Waals surface area contributed by atoms with Gasteiger partial charge in [-0.1, -0.05) is 5.92 Å². The summed E-state index contributed by atoms with van der Waals surface area (Å²) >= 11 is 3.23. The van der Waals surface area contributed by atoms with Crippen LogP contribution in [0.25, 0.3) is 0 Å². The molecule has 2 aromatic rings. The molecule has 0 aliphatic heterocycles. The summed E-state index contributed by atoms with van der Waals surface area (Å²) in [6, 6.07) is 3.63. The zero-order valence-corrected chi connectivity index (χ0v) is 11.5. The lowest BCUT2D eigenvalue weighted by atomic mass is 10.3. The van der Waals surface area contributed by atoms with Crippen LogP contribution in [-0.4, -0.2) is 20.0 Å². The highest BCUT2D eigenvalue weighted by Gasteiger charge is 2.08. The molecule has 0 saturated carbocycles. The summed E-state index contributed by atoms with van der Waals surface area (Å²) in [7, 11) is 0. The van der Waals surface area contributed by atoms with Crippen LogP contribution < -0.4 is 10.9 Å². The van der Waals surface area contributed by atoms with Gasteiger partial charge in [0.1, 0.15) is 11.0 Å². The average Bonchev–Trinajstić information content (AvgIpc) is 2.44. The maximum absolute atomic E-state index is 11.9. The molecule has 2 aromatic heterocycles. The van der Waals surface area contributed by atoms with Gasteiger partial charge in [-0.05, 0) is 28.1 Å². The predicted octanol–water partition coefficient (Wildman–Crippen LogP) is 1.04. The Morgan fingerprint density at radius 3 is 3.05 bits per heavy atom. The first-order chi connectivity index (χ1) is 9.22.